The van der Waals surface area contributed by atoms with E-state index >= 15 is 0 Å². The first-order valence-corrected chi connectivity index (χ1v) is 13.8. The molecule has 2 aromatic carbocycles. The normalized spacial score (nSPS) is 19.5. The Morgan fingerprint density at radius 2 is 1.70 bits per heavy atom. The fourth-order valence-corrected chi connectivity index (χ4v) is 7.02. The van der Waals surface area contributed by atoms with Gasteiger partial charge in [-0.15, -0.1) is 0 Å². The predicted octanol–water partition coefficient (Wildman–Crippen LogP) is 6.22. The average Bonchev–Trinajstić information content (AvgIpc) is 3.60. The van der Waals surface area contributed by atoms with E-state index in [0.29, 0.717) is 17.0 Å². The summed E-state index contributed by atoms with van der Waals surface area (Å²) in [5, 5.41) is 0. The number of hydrogen-bond donors (Lipinski definition) is 0. The van der Waals surface area contributed by atoms with Crippen molar-refractivity contribution in [3.63, 3.8) is 0 Å². The zero-order valence-corrected chi connectivity index (χ0v) is 21.4. The number of benzene rings is 2. The maximum absolute atomic E-state index is 13.6. The van der Waals surface area contributed by atoms with E-state index in [1.54, 1.807) is 16.4 Å². The fraction of sp³-hybridized carbons (Fsp3) is 0.370. The number of sulfonamides is 1. The fourth-order valence-electron chi connectivity index (χ4n) is 5.35. The Labute approximate surface area is 204 Å². The summed E-state index contributed by atoms with van der Waals surface area (Å²) in [4.78, 5) is 13.9. The van der Waals surface area contributed by atoms with Crippen LogP contribution in [-0.2, 0) is 10.0 Å². The molecule has 3 aliphatic rings. The summed E-state index contributed by atoms with van der Waals surface area (Å²) in [7, 11) is -3.65. The van der Waals surface area contributed by atoms with E-state index in [2.05, 4.69) is 22.9 Å². The summed E-state index contributed by atoms with van der Waals surface area (Å²) in [6.07, 6.45) is 4.94. The number of carbonyl (C=O) groups is 1. The average molecular weight is 526 g/mol. The maximum atomic E-state index is 13.6. The largest absolute Gasteiger partial charge is 0.289 e. The third-order valence-corrected chi connectivity index (χ3v) is 9.52. The summed E-state index contributed by atoms with van der Waals surface area (Å²) in [5.74, 6) is 0.0446. The molecule has 1 saturated carbocycles. The number of allylic oxidation sites excluding steroid dienone is 1. The monoisotopic (exact) mass is 525 g/mol. The van der Waals surface area contributed by atoms with E-state index in [-0.39, 0.29) is 17.7 Å². The first kappa shape index (κ1) is 22.8. The lowest BCUT2D eigenvalue weighted by molar-refractivity contribution is 0.101. The highest BCUT2D eigenvalue weighted by Gasteiger charge is 2.62. The van der Waals surface area contributed by atoms with Crippen molar-refractivity contribution >= 4 is 31.7 Å². The Kier molecular flexibility index (Phi) is 5.74. The molecule has 172 valence electrons. The van der Waals surface area contributed by atoms with Crippen molar-refractivity contribution in [2.45, 2.75) is 50.8 Å². The van der Waals surface area contributed by atoms with Crippen molar-refractivity contribution in [2.24, 2.45) is 5.41 Å². The van der Waals surface area contributed by atoms with Gasteiger partial charge in [-0.25, -0.2) is 8.42 Å². The Bertz CT molecular complexity index is 1280. The molecule has 0 saturated heterocycles. The second-order valence-electron chi connectivity index (χ2n) is 9.44. The van der Waals surface area contributed by atoms with Crippen LogP contribution in [0, 0.1) is 12.3 Å². The molecule has 1 spiro atoms. The Morgan fingerprint density at radius 3 is 2.30 bits per heavy atom. The van der Waals surface area contributed by atoms with Crippen molar-refractivity contribution in [3.8, 4) is 0 Å². The highest BCUT2D eigenvalue weighted by atomic mass is 79.9. The molecular weight excluding hydrogens is 498 g/mol. The van der Waals surface area contributed by atoms with E-state index < -0.39 is 10.0 Å². The van der Waals surface area contributed by atoms with Crippen LogP contribution >= 0.6 is 15.9 Å². The SMILES string of the molecule is CCCCC1=C2C(=C(C(=O)c3ccc(Br)cc3)C23CC3)CN(S(=O)(=O)c2ccc(C)cc2)C1. The lowest BCUT2D eigenvalue weighted by Crippen LogP contribution is -2.45. The number of hydrogen-bond acceptors (Lipinski definition) is 3. The lowest BCUT2D eigenvalue weighted by Gasteiger charge is -2.45. The van der Waals surface area contributed by atoms with Crippen molar-refractivity contribution in [2.75, 3.05) is 13.1 Å². The summed E-state index contributed by atoms with van der Waals surface area (Å²) in [6.45, 7) is 4.81. The van der Waals surface area contributed by atoms with Crippen molar-refractivity contribution in [1.29, 1.82) is 0 Å². The number of carbonyl (C=O) groups excluding carboxylic acids is 1. The minimum absolute atomic E-state index is 0.0446. The first-order chi connectivity index (χ1) is 15.8. The molecule has 5 rings (SSSR count). The van der Waals surface area contributed by atoms with Gasteiger partial charge in [0.25, 0.3) is 0 Å². The first-order valence-electron chi connectivity index (χ1n) is 11.6. The molecule has 1 heterocycles. The summed E-state index contributed by atoms with van der Waals surface area (Å²) < 4.78 is 29.6. The van der Waals surface area contributed by atoms with E-state index in [0.717, 1.165) is 53.3 Å². The number of rotatable bonds is 7. The molecule has 0 bridgehead atoms. The summed E-state index contributed by atoms with van der Waals surface area (Å²) in [5.41, 5.74) is 5.86. The van der Waals surface area contributed by atoms with Crippen LogP contribution in [0.25, 0.3) is 0 Å². The highest BCUT2D eigenvalue weighted by Crippen LogP contribution is 2.69. The molecule has 0 atom stereocenters. The Hall–Kier alpha value is -2.02. The Morgan fingerprint density at radius 1 is 1.03 bits per heavy atom. The van der Waals surface area contributed by atoms with Gasteiger partial charge >= 0.3 is 0 Å². The maximum Gasteiger partial charge on any atom is 0.243 e. The number of nitrogens with zero attached hydrogens (tertiary/aromatic N) is 1. The van der Waals surface area contributed by atoms with Crippen LogP contribution in [0.2, 0.25) is 0 Å². The minimum atomic E-state index is -3.65. The smallest absolute Gasteiger partial charge is 0.243 e. The molecule has 0 amide bonds. The van der Waals surface area contributed by atoms with Crippen LogP contribution in [0.4, 0.5) is 0 Å². The predicted molar refractivity (Wildman–Crippen MR) is 134 cm³/mol. The minimum Gasteiger partial charge on any atom is -0.289 e. The number of Topliss-reactive ketones (excluding diaryl/α,β-unsaturated/α-hetero) is 1. The van der Waals surface area contributed by atoms with Gasteiger partial charge < -0.3 is 0 Å². The number of halogens is 1. The number of ketones is 1. The molecule has 2 aliphatic carbocycles. The van der Waals surface area contributed by atoms with E-state index in [4.69, 9.17) is 0 Å². The van der Waals surface area contributed by atoms with Crippen LogP contribution in [0.1, 0.15) is 54.9 Å². The van der Waals surface area contributed by atoms with Gasteiger partial charge in [0.2, 0.25) is 10.0 Å². The molecule has 0 unspecified atom stereocenters. The van der Waals surface area contributed by atoms with E-state index in [9.17, 15) is 13.2 Å². The molecule has 4 nitrogen and oxygen atoms in total. The quantitative estimate of drug-likeness (QED) is 0.403. The zero-order chi connectivity index (χ0) is 23.4. The third kappa shape index (κ3) is 3.76. The molecule has 33 heavy (non-hydrogen) atoms. The van der Waals surface area contributed by atoms with E-state index in [1.807, 2.05) is 43.3 Å². The summed E-state index contributed by atoms with van der Waals surface area (Å²) >= 11 is 3.44. The number of unbranched alkanes of at least 4 members (excludes halogenated alkanes) is 1. The number of fused-ring (bicyclic) bond motifs is 2. The van der Waals surface area contributed by atoms with Gasteiger partial charge in [0, 0.05) is 34.1 Å². The molecule has 0 radical (unpaired) electrons. The van der Waals surface area contributed by atoms with Crippen LogP contribution in [-0.4, -0.2) is 31.6 Å². The topological polar surface area (TPSA) is 54.5 Å². The van der Waals surface area contributed by atoms with Gasteiger partial charge in [0.1, 0.15) is 0 Å². The van der Waals surface area contributed by atoms with Crippen LogP contribution < -0.4 is 0 Å². The second-order valence-corrected chi connectivity index (χ2v) is 12.3. The molecule has 1 fully saturated rings. The molecule has 1 aliphatic heterocycles. The van der Waals surface area contributed by atoms with Crippen LogP contribution in [0.15, 0.2) is 80.2 Å². The van der Waals surface area contributed by atoms with Gasteiger partial charge in [-0.1, -0.05) is 52.5 Å². The standard InChI is InChI=1S/C27H28BrNO3S/c1-3-4-5-20-16-29(33(31,32)22-12-6-18(2)7-13-22)17-23-24(20)27(14-15-27)25(23)26(30)19-8-10-21(28)11-9-19/h6-13H,3-5,14-17H2,1-2H3. The third-order valence-electron chi connectivity index (χ3n) is 7.19. The van der Waals surface area contributed by atoms with Crippen LogP contribution in [0.3, 0.4) is 0 Å². The van der Waals surface area contributed by atoms with Crippen molar-refractivity contribution in [3.05, 3.63) is 86.4 Å². The van der Waals surface area contributed by atoms with Crippen molar-refractivity contribution < 1.29 is 13.2 Å². The van der Waals surface area contributed by atoms with Gasteiger partial charge in [-0.05, 0) is 80.2 Å². The highest BCUT2D eigenvalue weighted by molar-refractivity contribution is 9.10. The second kappa shape index (κ2) is 8.33. The molecule has 6 heteroatoms. The van der Waals surface area contributed by atoms with Gasteiger partial charge in [0.15, 0.2) is 5.78 Å². The Balaban J connectivity index is 1.57. The zero-order valence-electron chi connectivity index (χ0n) is 19.0. The molecular formula is C27H28BrNO3S. The van der Waals surface area contributed by atoms with Crippen molar-refractivity contribution in [1.82, 2.24) is 4.31 Å². The number of aryl methyl sites for hydroxylation is 1. The van der Waals surface area contributed by atoms with Gasteiger partial charge in [-0.3, -0.25) is 4.79 Å². The summed E-state index contributed by atoms with van der Waals surface area (Å²) in [6, 6.07) is 14.5. The molecule has 0 aromatic heterocycles. The molecule has 0 N–H and O–H groups in total. The lowest BCUT2D eigenvalue weighted by atomic mass is 9.63. The van der Waals surface area contributed by atoms with Crippen LogP contribution in [0.5, 0.6) is 0 Å². The van der Waals surface area contributed by atoms with Gasteiger partial charge in [-0.2, -0.15) is 4.31 Å². The molecule has 2 aromatic rings. The van der Waals surface area contributed by atoms with Gasteiger partial charge in [0.05, 0.1) is 4.90 Å². The van der Waals surface area contributed by atoms with E-state index in [1.165, 1.54) is 11.1 Å².